The van der Waals surface area contributed by atoms with Gasteiger partial charge in [0.05, 0.1) is 0 Å². The van der Waals surface area contributed by atoms with Crippen molar-refractivity contribution in [2.45, 2.75) is 13.3 Å². The summed E-state index contributed by atoms with van der Waals surface area (Å²) in [5.41, 5.74) is 0. The third kappa shape index (κ3) is 116. The molecular weight excluding hydrogens is 151 g/mol. The molecule has 1 nitrogen and oxygen atoms in total. The number of halogens is 4. The number of unbranched alkanes of at least 4 members (excludes halogenated alkanes) is 1. The fourth-order valence-electron chi connectivity index (χ4n) is 0.129. The predicted molar refractivity (Wildman–Crippen MR) is 31.9 cm³/mol. The minimum Gasteiger partial charge on any atom is -0.418 e. The summed E-state index contributed by atoms with van der Waals surface area (Å²) in [6, 6.07) is 0. The highest BCUT2D eigenvalue weighted by atomic mass is 19.5. The molecule has 0 aromatic carbocycles. The van der Waals surface area contributed by atoms with E-state index in [-0.39, 0.29) is 6.61 Å². The Morgan fingerprint density at radius 2 is 1.60 bits per heavy atom. The number of rotatable bonds is 2. The smallest absolute Gasteiger partial charge is 0.418 e. The average molecular weight is 160 g/mol. The van der Waals surface area contributed by atoms with Gasteiger partial charge in [-0.25, -0.2) is 0 Å². The minimum atomic E-state index is -6.00. The van der Waals surface area contributed by atoms with Crippen molar-refractivity contribution in [3.63, 3.8) is 0 Å². The third-order valence-electron chi connectivity index (χ3n) is 0.418. The molecule has 10 heavy (non-hydrogen) atoms. The summed E-state index contributed by atoms with van der Waals surface area (Å²) >= 11 is 0. The standard InChI is InChI=1S/C4H9O.BF4/c1-2-3-4-5;2-1(3,4)5/h2,5H,3-4H2,1H3;/q;-1. The lowest BCUT2D eigenvalue weighted by Gasteiger charge is -1.94. The average Bonchev–Trinajstić information content (AvgIpc) is 1.63. The van der Waals surface area contributed by atoms with Gasteiger partial charge in [-0.2, -0.15) is 0 Å². The minimum absolute atomic E-state index is 0.288. The lowest BCUT2D eigenvalue weighted by atomic mass is 10.3. The Bertz CT molecular complexity index is 56.8. The zero-order valence-electron chi connectivity index (χ0n) is 5.53. The van der Waals surface area contributed by atoms with Crippen molar-refractivity contribution in [3.05, 3.63) is 6.42 Å². The number of aliphatic hydroxyl groups excluding tert-OH is 1. The van der Waals surface area contributed by atoms with Gasteiger partial charge in [0, 0.05) is 6.61 Å². The van der Waals surface area contributed by atoms with Crippen LogP contribution in [0.5, 0.6) is 0 Å². The number of hydrogen-bond acceptors (Lipinski definition) is 1. The van der Waals surface area contributed by atoms with E-state index < -0.39 is 7.25 Å². The van der Waals surface area contributed by atoms with Crippen molar-refractivity contribution in [1.82, 2.24) is 0 Å². The van der Waals surface area contributed by atoms with Crippen LogP contribution in [0.3, 0.4) is 0 Å². The van der Waals surface area contributed by atoms with E-state index in [1.165, 1.54) is 0 Å². The first-order valence-corrected chi connectivity index (χ1v) is 2.67. The molecular formula is C4H9BF4O-. The van der Waals surface area contributed by atoms with Gasteiger partial charge >= 0.3 is 7.25 Å². The lowest BCUT2D eigenvalue weighted by molar-refractivity contribution is 0.298. The maximum atomic E-state index is 9.75. The van der Waals surface area contributed by atoms with Crippen molar-refractivity contribution in [3.8, 4) is 0 Å². The van der Waals surface area contributed by atoms with Crippen LogP contribution in [0.2, 0.25) is 0 Å². The molecule has 0 saturated heterocycles. The van der Waals surface area contributed by atoms with Crippen molar-refractivity contribution < 1.29 is 22.4 Å². The summed E-state index contributed by atoms with van der Waals surface area (Å²) in [6.45, 7) is 2.22. The van der Waals surface area contributed by atoms with E-state index in [9.17, 15) is 17.3 Å². The molecule has 0 aliphatic carbocycles. The van der Waals surface area contributed by atoms with Crippen molar-refractivity contribution in [2.75, 3.05) is 6.61 Å². The second-order valence-corrected chi connectivity index (χ2v) is 1.42. The highest BCUT2D eigenvalue weighted by Crippen LogP contribution is 2.06. The molecule has 0 spiro atoms. The summed E-state index contributed by atoms with van der Waals surface area (Å²) in [5, 5.41) is 8.04. The molecule has 0 aromatic rings. The van der Waals surface area contributed by atoms with Gasteiger partial charge in [-0.15, -0.1) is 0 Å². The molecule has 0 saturated carbocycles. The molecule has 0 aliphatic heterocycles. The zero-order valence-corrected chi connectivity index (χ0v) is 5.53. The molecule has 0 aromatic heterocycles. The molecule has 1 N–H and O–H groups in total. The molecule has 0 heterocycles. The summed E-state index contributed by atoms with van der Waals surface area (Å²) in [5.74, 6) is 0. The highest BCUT2D eigenvalue weighted by Gasteiger charge is 2.20. The molecule has 0 unspecified atom stereocenters. The Morgan fingerprint density at radius 3 is 1.60 bits per heavy atom. The van der Waals surface area contributed by atoms with Crippen LogP contribution in [-0.2, 0) is 0 Å². The van der Waals surface area contributed by atoms with Gasteiger partial charge in [-0.3, -0.25) is 0 Å². The highest BCUT2D eigenvalue weighted by molar-refractivity contribution is 6.50. The predicted octanol–water partition coefficient (Wildman–Crippen LogP) is 1.89. The largest absolute Gasteiger partial charge is 0.673 e. The van der Waals surface area contributed by atoms with Gasteiger partial charge in [0.1, 0.15) is 0 Å². The van der Waals surface area contributed by atoms with Crippen molar-refractivity contribution in [1.29, 1.82) is 0 Å². The molecule has 1 radical (unpaired) electrons. The van der Waals surface area contributed by atoms with Crippen molar-refractivity contribution >= 4 is 7.25 Å². The van der Waals surface area contributed by atoms with E-state index >= 15 is 0 Å². The van der Waals surface area contributed by atoms with Gasteiger partial charge in [-0.05, 0) is 12.8 Å². The maximum Gasteiger partial charge on any atom is 0.673 e. The Kier molecular flexibility index (Phi) is 8.52. The molecule has 0 rings (SSSR count). The monoisotopic (exact) mass is 160 g/mol. The van der Waals surface area contributed by atoms with Crippen LogP contribution < -0.4 is 0 Å². The quantitative estimate of drug-likeness (QED) is 0.482. The van der Waals surface area contributed by atoms with Gasteiger partial charge in [0.25, 0.3) is 0 Å². The van der Waals surface area contributed by atoms with Crippen LogP contribution in [0.25, 0.3) is 0 Å². The van der Waals surface area contributed by atoms with E-state index in [1.54, 1.807) is 0 Å². The van der Waals surface area contributed by atoms with Crippen molar-refractivity contribution in [2.24, 2.45) is 0 Å². The Morgan fingerprint density at radius 1 is 1.30 bits per heavy atom. The van der Waals surface area contributed by atoms with Crippen LogP contribution in [0, 0.1) is 6.42 Å². The summed E-state index contributed by atoms with van der Waals surface area (Å²) < 4.78 is 39.0. The molecule has 0 amide bonds. The number of hydrogen-bond donors (Lipinski definition) is 1. The number of aliphatic hydroxyl groups is 1. The van der Waals surface area contributed by atoms with Crippen LogP contribution in [-0.4, -0.2) is 19.0 Å². The zero-order chi connectivity index (χ0) is 8.62. The van der Waals surface area contributed by atoms with E-state index in [0.29, 0.717) is 0 Å². The second kappa shape index (κ2) is 6.86. The fourth-order valence-corrected chi connectivity index (χ4v) is 0.129. The second-order valence-electron chi connectivity index (χ2n) is 1.42. The van der Waals surface area contributed by atoms with E-state index in [1.807, 2.05) is 13.3 Å². The van der Waals surface area contributed by atoms with Crippen LogP contribution >= 0.6 is 0 Å². The molecule has 0 atom stereocenters. The van der Waals surface area contributed by atoms with Crippen LogP contribution in [0.15, 0.2) is 0 Å². The van der Waals surface area contributed by atoms with Gasteiger partial charge in [0.15, 0.2) is 0 Å². The SMILES string of the molecule is C[CH]CCO.F[B-](F)(F)F. The summed E-state index contributed by atoms with van der Waals surface area (Å²) in [6.07, 6.45) is 2.75. The topological polar surface area (TPSA) is 20.2 Å². The first kappa shape index (κ1) is 12.4. The van der Waals surface area contributed by atoms with Gasteiger partial charge in [0.2, 0.25) is 0 Å². The van der Waals surface area contributed by atoms with Crippen LogP contribution in [0.1, 0.15) is 13.3 Å². The molecule has 0 fully saturated rings. The maximum absolute atomic E-state index is 9.75. The Hall–Kier alpha value is -0.255. The van der Waals surface area contributed by atoms with E-state index in [2.05, 4.69) is 0 Å². The lowest BCUT2D eigenvalue weighted by Crippen LogP contribution is -2.02. The molecule has 63 valence electrons. The summed E-state index contributed by atoms with van der Waals surface area (Å²) in [7, 11) is -6.00. The normalized spacial score (nSPS) is 10.2. The Labute approximate surface area is 57.2 Å². The third-order valence-corrected chi connectivity index (χ3v) is 0.418. The van der Waals surface area contributed by atoms with E-state index in [4.69, 9.17) is 5.11 Å². The van der Waals surface area contributed by atoms with Gasteiger partial charge < -0.3 is 22.4 Å². The van der Waals surface area contributed by atoms with Gasteiger partial charge in [-0.1, -0.05) is 6.92 Å². The Balaban J connectivity index is 0. The van der Waals surface area contributed by atoms with E-state index in [0.717, 1.165) is 6.42 Å². The first-order chi connectivity index (χ1) is 4.41. The molecule has 6 heteroatoms. The first-order valence-electron chi connectivity index (χ1n) is 2.67. The molecule has 0 bridgehead atoms. The summed E-state index contributed by atoms with van der Waals surface area (Å²) in [4.78, 5) is 0. The molecule has 0 aliphatic rings. The van der Waals surface area contributed by atoms with Crippen LogP contribution in [0.4, 0.5) is 17.3 Å². The fraction of sp³-hybridized carbons (Fsp3) is 0.750.